The minimum atomic E-state index is -3.56. The van der Waals surface area contributed by atoms with Gasteiger partial charge in [-0.2, -0.15) is 0 Å². The molecule has 0 unspecified atom stereocenters. The van der Waals surface area contributed by atoms with E-state index in [-0.39, 0.29) is 0 Å². The van der Waals surface area contributed by atoms with Crippen molar-refractivity contribution in [2.75, 3.05) is 48.1 Å². The molecule has 1 N–H and O–H groups in total. The van der Waals surface area contributed by atoms with Gasteiger partial charge in [0.2, 0.25) is 0 Å². The molecule has 4 rings (SSSR count). The SMILES string of the molecule is Cc1ccc(S(=O)(=O)N2CCSc3ccc(NCCCN4CCCC4)cc32)cc1. The number of anilines is 2. The molecule has 2 aromatic rings. The van der Waals surface area contributed by atoms with Gasteiger partial charge in [0.05, 0.1) is 10.6 Å². The van der Waals surface area contributed by atoms with E-state index in [9.17, 15) is 8.42 Å². The summed E-state index contributed by atoms with van der Waals surface area (Å²) < 4.78 is 28.1. The lowest BCUT2D eigenvalue weighted by molar-refractivity contribution is 0.337. The van der Waals surface area contributed by atoms with Crippen molar-refractivity contribution >= 4 is 33.2 Å². The maximum atomic E-state index is 13.3. The number of fused-ring (bicyclic) bond motifs is 1. The number of rotatable bonds is 7. The number of likely N-dealkylation sites (tertiary alicyclic amines) is 1. The van der Waals surface area contributed by atoms with Crippen molar-refractivity contribution in [1.29, 1.82) is 0 Å². The number of hydrogen-bond acceptors (Lipinski definition) is 5. The van der Waals surface area contributed by atoms with E-state index < -0.39 is 10.0 Å². The largest absolute Gasteiger partial charge is 0.385 e. The molecule has 0 aliphatic carbocycles. The van der Waals surface area contributed by atoms with Gasteiger partial charge in [0.25, 0.3) is 10.0 Å². The van der Waals surface area contributed by atoms with E-state index >= 15 is 0 Å². The van der Waals surface area contributed by atoms with Gasteiger partial charge in [-0.15, -0.1) is 11.8 Å². The van der Waals surface area contributed by atoms with Gasteiger partial charge in [0.1, 0.15) is 0 Å². The molecule has 0 radical (unpaired) electrons. The third-order valence-electron chi connectivity index (χ3n) is 5.57. The smallest absolute Gasteiger partial charge is 0.264 e. The summed E-state index contributed by atoms with van der Waals surface area (Å²) in [6.07, 6.45) is 3.74. The zero-order valence-corrected chi connectivity index (χ0v) is 18.6. The normalized spacial score (nSPS) is 17.3. The summed E-state index contributed by atoms with van der Waals surface area (Å²) in [5.74, 6) is 0.765. The predicted octanol–water partition coefficient (Wildman–Crippen LogP) is 4.19. The van der Waals surface area contributed by atoms with Crippen LogP contribution in [0.3, 0.4) is 0 Å². The summed E-state index contributed by atoms with van der Waals surface area (Å²) >= 11 is 1.72. The summed E-state index contributed by atoms with van der Waals surface area (Å²) in [7, 11) is -3.56. The van der Waals surface area contributed by atoms with E-state index in [0.29, 0.717) is 11.4 Å². The number of hydrogen-bond donors (Lipinski definition) is 1. The van der Waals surface area contributed by atoms with Gasteiger partial charge >= 0.3 is 0 Å². The van der Waals surface area contributed by atoms with Crippen molar-refractivity contribution in [3.05, 3.63) is 48.0 Å². The molecule has 2 aliphatic heterocycles. The lowest BCUT2D eigenvalue weighted by Gasteiger charge is -2.30. The Morgan fingerprint density at radius 3 is 2.55 bits per heavy atom. The maximum absolute atomic E-state index is 13.3. The first kappa shape index (κ1) is 20.6. The molecule has 0 bridgehead atoms. The van der Waals surface area contributed by atoms with E-state index in [4.69, 9.17) is 0 Å². The fourth-order valence-electron chi connectivity index (χ4n) is 3.93. The van der Waals surface area contributed by atoms with Crippen LogP contribution in [-0.2, 0) is 10.0 Å². The van der Waals surface area contributed by atoms with E-state index in [1.54, 1.807) is 28.2 Å². The van der Waals surface area contributed by atoms with Gasteiger partial charge in [-0.3, -0.25) is 4.31 Å². The van der Waals surface area contributed by atoms with Crippen molar-refractivity contribution in [1.82, 2.24) is 4.90 Å². The average molecular weight is 432 g/mol. The number of benzene rings is 2. The first-order chi connectivity index (χ1) is 14.0. The lowest BCUT2D eigenvalue weighted by atomic mass is 10.2. The second kappa shape index (κ2) is 8.98. The molecule has 29 heavy (non-hydrogen) atoms. The minimum Gasteiger partial charge on any atom is -0.385 e. The summed E-state index contributed by atoms with van der Waals surface area (Å²) in [5, 5.41) is 3.48. The van der Waals surface area contributed by atoms with E-state index in [0.717, 1.165) is 47.1 Å². The molecule has 1 fully saturated rings. The number of nitrogens with zero attached hydrogens (tertiary/aromatic N) is 2. The van der Waals surface area contributed by atoms with Crippen LogP contribution in [0.2, 0.25) is 0 Å². The predicted molar refractivity (Wildman–Crippen MR) is 122 cm³/mol. The molecule has 2 aromatic carbocycles. The van der Waals surface area contributed by atoms with Gasteiger partial charge in [-0.1, -0.05) is 17.7 Å². The van der Waals surface area contributed by atoms with Crippen molar-refractivity contribution in [2.24, 2.45) is 0 Å². The van der Waals surface area contributed by atoms with Crippen LogP contribution in [0.1, 0.15) is 24.8 Å². The van der Waals surface area contributed by atoms with Crippen molar-refractivity contribution < 1.29 is 8.42 Å². The van der Waals surface area contributed by atoms with E-state index in [1.165, 1.54) is 25.9 Å². The molecule has 0 saturated carbocycles. The Balaban J connectivity index is 1.48. The van der Waals surface area contributed by atoms with Gasteiger partial charge in [-0.05, 0) is 76.2 Å². The van der Waals surface area contributed by atoms with Crippen LogP contribution >= 0.6 is 11.8 Å². The highest BCUT2D eigenvalue weighted by Crippen LogP contribution is 2.39. The lowest BCUT2D eigenvalue weighted by Crippen LogP contribution is -2.35. The van der Waals surface area contributed by atoms with Gasteiger partial charge in [0.15, 0.2) is 0 Å². The average Bonchev–Trinajstić information content (AvgIpc) is 3.24. The van der Waals surface area contributed by atoms with E-state index in [1.807, 2.05) is 31.2 Å². The van der Waals surface area contributed by atoms with Gasteiger partial charge in [0, 0.05) is 29.4 Å². The van der Waals surface area contributed by atoms with Crippen LogP contribution in [0.25, 0.3) is 0 Å². The first-order valence-electron chi connectivity index (χ1n) is 10.4. The molecule has 7 heteroatoms. The highest BCUT2D eigenvalue weighted by molar-refractivity contribution is 8.00. The summed E-state index contributed by atoms with van der Waals surface area (Å²) in [4.78, 5) is 3.89. The third-order valence-corrected chi connectivity index (χ3v) is 8.44. The van der Waals surface area contributed by atoms with Crippen LogP contribution in [-0.4, -0.2) is 51.8 Å². The molecule has 156 valence electrons. The molecule has 2 aliphatic rings. The topological polar surface area (TPSA) is 52.7 Å². The van der Waals surface area contributed by atoms with Gasteiger partial charge in [-0.25, -0.2) is 8.42 Å². The number of thioether (sulfide) groups is 1. The Kier molecular flexibility index (Phi) is 6.37. The van der Waals surface area contributed by atoms with Crippen LogP contribution in [0.15, 0.2) is 52.3 Å². The Bertz CT molecular complexity index is 939. The standard InChI is InChI=1S/C22H29N3O2S2/c1-18-5-8-20(9-6-18)29(26,27)25-15-16-28-22-10-7-19(17-21(22)25)23-11-4-14-24-12-2-3-13-24/h5-10,17,23H,2-4,11-16H2,1H3. The molecule has 2 heterocycles. The number of nitrogens with one attached hydrogen (secondary N) is 1. The molecule has 0 amide bonds. The van der Waals surface area contributed by atoms with Crippen molar-refractivity contribution in [2.45, 2.75) is 36.0 Å². The van der Waals surface area contributed by atoms with Crippen molar-refractivity contribution in [3.63, 3.8) is 0 Å². The summed E-state index contributed by atoms with van der Waals surface area (Å²) in [5.41, 5.74) is 2.82. The quantitative estimate of drug-likeness (QED) is 0.666. The number of sulfonamides is 1. The number of aryl methyl sites for hydroxylation is 1. The zero-order chi connectivity index (χ0) is 20.3. The second-order valence-electron chi connectivity index (χ2n) is 7.75. The monoisotopic (exact) mass is 431 g/mol. The molecular formula is C22H29N3O2S2. The molecule has 0 spiro atoms. The molecular weight excluding hydrogens is 402 g/mol. The maximum Gasteiger partial charge on any atom is 0.264 e. The molecule has 1 saturated heterocycles. The Morgan fingerprint density at radius 2 is 1.79 bits per heavy atom. The highest BCUT2D eigenvalue weighted by Gasteiger charge is 2.29. The fraction of sp³-hybridized carbons (Fsp3) is 0.455. The van der Waals surface area contributed by atoms with Crippen LogP contribution in [0.4, 0.5) is 11.4 Å². The third kappa shape index (κ3) is 4.73. The minimum absolute atomic E-state index is 0.352. The Morgan fingerprint density at radius 1 is 1.03 bits per heavy atom. The molecule has 0 atom stereocenters. The Labute approximate surface area is 178 Å². The molecule has 5 nitrogen and oxygen atoms in total. The zero-order valence-electron chi connectivity index (χ0n) is 16.9. The van der Waals surface area contributed by atoms with Crippen LogP contribution < -0.4 is 9.62 Å². The highest BCUT2D eigenvalue weighted by atomic mass is 32.2. The van der Waals surface area contributed by atoms with Crippen LogP contribution in [0, 0.1) is 6.92 Å². The molecule has 0 aromatic heterocycles. The Hall–Kier alpha value is -1.70. The first-order valence-corrected chi connectivity index (χ1v) is 12.8. The second-order valence-corrected chi connectivity index (χ2v) is 10.7. The van der Waals surface area contributed by atoms with Crippen molar-refractivity contribution in [3.8, 4) is 0 Å². The summed E-state index contributed by atoms with van der Waals surface area (Å²) in [6, 6.07) is 13.2. The fourth-order valence-corrected chi connectivity index (χ4v) is 6.56. The summed E-state index contributed by atoms with van der Waals surface area (Å²) in [6.45, 7) is 6.93. The van der Waals surface area contributed by atoms with Gasteiger partial charge < -0.3 is 10.2 Å². The van der Waals surface area contributed by atoms with Crippen LogP contribution in [0.5, 0.6) is 0 Å². The van der Waals surface area contributed by atoms with E-state index in [2.05, 4.69) is 16.3 Å².